The van der Waals surface area contributed by atoms with Crippen LogP contribution in [0.5, 0.6) is 5.75 Å². The van der Waals surface area contributed by atoms with Crippen LogP contribution in [0, 0.1) is 0 Å². The normalized spacial score (nSPS) is 15.5. The van der Waals surface area contributed by atoms with Gasteiger partial charge in [0.05, 0.1) is 23.1 Å². The maximum absolute atomic E-state index is 13.9. The van der Waals surface area contributed by atoms with Crippen LogP contribution in [-0.2, 0) is 0 Å². The summed E-state index contributed by atoms with van der Waals surface area (Å²) in [4.78, 5) is 31.4. The second-order valence-electron chi connectivity index (χ2n) is 9.63. The molecule has 0 fully saturated rings. The van der Waals surface area contributed by atoms with Crippen LogP contribution in [0.4, 0.5) is 0 Å². The molecule has 6 heteroatoms. The quantitative estimate of drug-likeness (QED) is 0.346. The Balaban J connectivity index is 1.66. The molecule has 1 aliphatic heterocycles. The molecule has 5 rings (SSSR count). The van der Waals surface area contributed by atoms with E-state index in [-0.39, 0.29) is 23.2 Å². The fraction of sp³-hybridized carbons (Fsp3) is 0.310. The zero-order chi connectivity index (χ0) is 24.7. The number of hydrogen-bond donors (Lipinski definition) is 0. The molecule has 3 aromatic carbocycles. The molecule has 0 N–H and O–H groups in total. The molecular weight excluding hydrogens is 440 g/mol. The molecule has 1 unspecified atom stereocenters. The summed E-state index contributed by atoms with van der Waals surface area (Å²) in [6.07, 6.45) is 0.847. The lowest BCUT2D eigenvalue weighted by atomic mass is 9.97. The lowest BCUT2D eigenvalue weighted by Gasteiger charge is -2.26. The Morgan fingerprint density at radius 3 is 2.43 bits per heavy atom. The van der Waals surface area contributed by atoms with Crippen molar-refractivity contribution in [1.82, 2.24) is 9.80 Å². The van der Waals surface area contributed by atoms with Crippen LogP contribution in [0.3, 0.4) is 0 Å². The van der Waals surface area contributed by atoms with E-state index in [0.29, 0.717) is 23.1 Å². The molecule has 0 saturated carbocycles. The number of ether oxygens (including phenoxy) is 1. The zero-order valence-electron chi connectivity index (χ0n) is 20.6. The van der Waals surface area contributed by atoms with Gasteiger partial charge in [-0.1, -0.05) is 42.5 Å². The average Bonchev–Trinajstić information content (AvgIpc) is 3.11. The van der Waals surface area contributed by atoms with E-state index in [9.17, 15) is 9.59 Å². The second-order valence-corrected chi connectivity index (χ2v) is 9.63. The van der Waals surface area contributed by atoms with Crippen molar-refractivity contribution in [3.8, 4) is 5.75 Å². The Labute approximate surface area is 204 Å². The third-order valence-corrected chi connectivity index (χ3v) is 6.43. The van der Waals surface area contributed by atoms with E-state index in [1.54, 1.807) is 11.0 Å². The highest BCUT2D eigenvalue weighted by Gasteiger charge is 2.42. The van der Waals surface area contributed by atoms with Crippen molar-refractivity contribution < 1.29 is 13.9 Å². The summed E-state index contributed by atoms with van der Waals surface area (Å²) in [5.41, 5.74) is 1.60. The summed E-state index contributed by atoms with van der Waals surface area (Å²) in [5.74, 6) is 0.666. The van der Waals surface area contributed by atoms with Gasteiger partial charge >= 0.3 is 0 Å². The molecule has 6 nitrogen and oxygen atoms in total. The lowest BCUT2D eigenvalue weighted by molar-refractivity contribution is 0.0722. The maximum atomic E-state index is 13.9. The first kappa shape index (κ1) is 23.1. The van der Waals surface area contributed by atoms with Gasteiger partial charge in [0, 0.05) is 11.9 Å². The standard InChI is InChI=1S/C29H30N2O4/c1-18(2)34-21-13-10-20(11-14-21)25-24-26(32)23-15-12-19-8-5-6-9-22(19)27(23)35-28(24)29(33)31(25)17-7-16-30(3)4/h5-6,8-15,18,25H,7,16-17H2,1-4H3. The van der Waals surface area contributed by atoms with Gasteiger partial charge < -0.3 is 19.0 Å². The van der Waals surface area contributed by atoms with Crippen molar-refractivity contribution in [3.63, 3.8) is 0 Å². The summed E-state index contributed by atoms with van der Waals surface area (Å²) < 4.78 is 12.1. The third kappa shape index (κ3) is 4.19. The van der Waals surface area contributed by atoms with Gasteiger partial charge in [0.1, 0.15) is 11.3 Å². The number of rotatable bonds is 7. The van der Waals surface area contributed by atoms with E-state index < -0.39 is 6.04 Å². The summed E-state index contributed by atoms with van der Waals surface area (Å²) in [6.45, 7) is 5.31. The zero-order valence-corrected chi connectivity index (χ0v) is 20.6. The van der Waals surface area contributed by atoms with Crippen molar-refractivity contribution in [1.29, 1.82) is 0 Å². The number of hydrogen-bond acceptors (Lipinski definition) is 5. The highest BCUT2D eigenvalue weighted by atomic mass is 16.5. The molecular formula is C29H30N2O4. The van der Waals surface area contributed by atoms with E-state index in [1.165, 1.54) is 0 Å². The average molecular weight is 471 g/mol. The van der Waals surface area contributed by atoms with Crippen LogP contribution in [0.2, 0.25) is 0 Å². The van der Waals surface area contributed by atoms with E-state index in [2.05, 4.69) is 4.90 Å². The molecule has 0 aliphatic carbocycles. The second kappa shape index (κ2) is 9.19. The highest BCUT2D eigenvalue weighted by molar-refractivity contribution is 6.06. The van der Waals surface area contributed by atoms with Crippen molar-refractivity contribution in [3.05, 3.63) is 87.8 Å². The minimum Gasteiger partial charge on any atom is -0.491 e. The Kier molecular flexibility index (Phi) is 6.07. The van der Waals surface area contributed by atoms with Crippen molar-refractivity contribution >= 4 is 27.6 Å². The largest absolute Gasteiger partial charge is 0.491 e. The molecule has 4 aromatic rings. The van der Waals surface area contributed by atoms with Gasteiger partial charge in [0.2, 0.25) is 5.76 Å². The van der Waals surface area contributed by atoms with Crippen LogP contribution >= 0.6 is 0 Å². The highest BCUT2D eigenvalue weighted by Crippen LogP contribution is 2.39. The summed E-state index contributed by atoms with van der Waals surface area (Å²) >= 11 is 0. The van der Waals surface area contributed by atoms with Crippen LogP contribution in [0.15, 0.2) is 69.9 Å². The van der Waals surface area contributed by atoms with Crippen molar-refractivity contribution in [2.24, 2.45) is 0 Å². The fourth-order valence-electron chi connectivity index (χ4n) is 4.88. The Bertz CT molecular complexity index is 1450. The van der Waals surface area contributed by atoms with Gasteiger partial charge in [0.15, 0.2) is 5.43 Å². The summed E-state index contributed by atoms with van der Waals surface area (Å²) in [6, 6.07) is 18.7. The Hall–Kier alpha value is -3.64. The predicted molar refractivity (Wildman–Crippen MR) is 138 cm³/mol. The minimum absolute atomic E-state index is 0.0606. The van der Waals surface area contributed by atoms with Crippen LogP contribution < -0.4 is 10.2 Å². The van der Waals surface area contributed by atoms with Gasteiger partial charge in [-0.25, -0.2) is 0 Å². The molecule has 35 heavy (non-hydrogen) atoms. The molecule has 1 amide bonds. The van der Waals surface area contributed by atoms with Gasteiger partial charge in [-0.05, 0) is 70.1 Å². The molecule has 180 valence electrons. The summed E-state index contributed by atoms with van der Waals surface area (Å²) in [7, 11) is 4.02. The number of fused-ring (bicyclic) bond motifs is 4. The number of amides is 1. The monoisotopic (exact) mass is 470 g/mol. The molecule has 1 aliphatic rings. The Morgan fingerprint density at radius 1 is 0.971 bits per heavy atom. The number of carbonyl (C=O) groups excluding carboxylic acids is 1. The first-order valence-corrected chi connectivity index (χ1v) is 12.1. The Morgan fingerprint density at radius 2 is 1.71 bits per heavy atom. The van der Waals surface area contributed by atoms with Gasteiger partial charge in [-0.15, -0.1) is 0 Å². The fourth-order valence-corrected chi connectivity index (χ4v) is 4.88. The van der Waals surface area contributed by atoms with E-state index in [0.717, 1.165) is 35.1 Å². The van der Waals surface area contributed by atoms with Gasteiger partial charge in [-0.3, -0.25) is 9.59 Å². The third-order valence-electron chi connectivity index (χ3n) is 6.43. The van der Waals surface area contributed by atoms with Crippen LogP contribution in [-0.4, -0.2) is 49.0 Å². The first-order chi connectivity index (χ1) is 16.8. The molecule has 0 saturated heterocycles. The molecule has 0 spiro atoms. The minimum atomic E-state index is -0.500. The van der Waals surface area contributed by atoms with Gasteiger partial charge in [0.25, 0.3) is 5.91 Å². The first-order valence-electron chi connectivity index (χ1n) is 12.1. The van der Waals surface area contributed by atoms with Crippen LogP contribution in [0.25, 0.3) is 21.7 Å². The molecule has 0 radical (unpaired) electrons. The van der Waals surface area contributed by atoms with Crippen molar-refractivity contribution in [2.75, 3.05) is 27.2 Å². The smallest absolute Gasteiger partial charge is 0.290 e. The SMILES string of the molecule is CC(C)Oc1ccc(C2c3c(oc4c(ccc5ccccc54)c3=O)C(=O)N2CCCN(C)C)cc1. The van der Waals surface area contributed by atoms with E-state index >= 15 is 0 Å². The van der Waals surface area contributed by atoms with E-state index in [4.69, 9.17) is 9.15 Å². The summed E-state index contributed by atoms with van der Waals surface area (Å²) in [5, 5.41) is 2.29. The lowest BCUT2D eigenvalue weighted by Crippen LogP contribution is -2.32. The molecule has 1 aromatic heterocycles. The molecule has 0 bridgehead atoms. The molecule has 2 heterocycles. The predicted octanol–water partition coefficient (Wildman–Crippen LogP) is 5.23. The number of nitrogens with zero attached hydrogens (tertiary/aromatic N) is 2. The van der Waals surface area contributed by atoms with E-state index in [1.807, 2.05) is 82.5 Å². The molecule has 1 atom stereocenters. The maximum Gasteiger partial charge on any atom is 0.290 e. The van der Waals surface area contributed by atoms with Crippen LogP contribution in [0.1, 0.15) is 48.0 Å². The topological polar surface area (TPSA) is 63.0 Å². The number of benzene rings is 3. The van der Waals surface area contributed by atoms with Gasteiger partial charge in [-0.2, -0.15) is 0 Å². The number of carbonyl (C=O) groups is 1. The van der Waals surface area contributed by atoms with Crippen molar-refractivity contribution in [2.45, 2.75) is 32.4 Å².